The summed E-state index contributed by atoms with van der Waals surface area (Å²) in [6.45, 7) is 4.79. The zero-order chi connectivity index (χ0) is 26.3. The molecule has 4 rings (SSSR count). The number of aromatic nitrogens is 5. The number of rotatable bonds is 6. The highest BCUT2D eigenvalue weighted by Crippen LogP contribution is 2.32. The van der Waals surface area contributed by atoms with Gasteiger partial charge in [0, 0.05) is 32.4 Å². The standard InChI is InChI=1S/C23H27N9O3S/c1-23(2,3)36(34,35)31-14-8-6-13(7-9-14)28-22-19(20(24)33)29-18(21(25-4)30-22)15-10-26-11-16-17(15)27-12-32(16)5/h6-8,10-12H,9H2,1-5H3,(H2,24,33)(H2,25,28,30). The van der Waals surface area contributed by atoms with Crippen molar-refractivity contribution >= 4 is 44.3 Å². The smallest absolute Gasteiger partial charge is 0.271 e. The van der Waals surface area contributed by atoms with Crippen LogP contribution in [-0.4, -0.2) is 56.3 Å². The summed E-state index contributed by atoms with van der Waals surface area (Å²) >= 11 is 0. The number of nitrogens with one attached hydrogen (secondary N) is 2. The predicted octanol–water partition coefficient (Wildman–Crippen LogP) is 2.39. The Morgan fingerprint density at radius 2 is 1.92 bits per heavy atom. The highest BCUT2D eigenvalue weighted by Gasteiger charge is 2.29. The van der Waals surface area contributed by atoms with E-state index in [9.17, 15) is 13.2 Å². The van der Waals surface area contributed by atoms with E-state index in [1.165, 1.54) is 0 Å². The van der Waals surface area contributed by atoms with E-state index in [0.717, 1.165) is 5.52 Å². The van der Waals surface area contributed by atoms with Gasteiger partial charge in [-0.1, -0.05) is 6.08 Å². The summed E-state index contributed by atoms with van der Waals surface area (Å²) in [7, 11) is -0.122. The maximum absolute atomic E-state index is 12.4. The number of imidazole rings is 1. The molecule has 1 aliphatic rings. The average molecular weight is 510 g/mol. The molecule has 4 N–H and O–H groups in total. The molecule has 36 heavy (non-hydrogen) atoms. The number of allylic oxidation sites excluding steroid dienone is 3. The summed E-state index contributed by atoms with van der Waals surface area (Å²) in [5.41, 5.74) is 8.99. The van der Waals surface area contributed by atoms with E-state index in [1.807, 2.05) is 11.6 Å². The number of carbonyl (C=O) groups excluding carboxylic acids is 1. The van der Waals surface area contributed by atoms with Gasteiger partial charge in [-0.15, -0.1) is 0 Å². The molecule has 0 aliphatic heterocycles. The molecule has 0 spiro atoms. The van der Waals surface area contributed by atoms with Gasteiger partial charge in [0.2, 0.25) is 0 Å². The third-order valence-electron chi connectivity index (χ3n) is 5.52. The summed E-state index contributed by atoms with van der Waals surface area (Å²) in [6, 6.07) is 0. The van der Waals surface area contributed by atoms with Crippen LogP contribution in [0.2, 0.25) is 0 Å². The molecule has 12 nitrogen and oxygen atoms in total. The molecule has 3 heterocycles. The molecule has 3 aromatic heterocycles. The quantitative estimate of drug-likeness (QED) is 0.451. The number of aryl methyl sites for hydroxylation is 1. The molecule has 1 amide bonds. The SMILES string of the molecule is CNc1nc(NC2=CCC(=NS(=O)(=O)C(C)(C)C)C=C2)c(C(N)=O)nc1-c1cncc2c1ncn2C. The van der Waals surface area contributed by atoms with E-state index < -0.39 is 20.7 Å². The first-order chi connectivity index (χ1) is 16.9. The molecule has 0 unspecified atom stereocenters. The molecule has 13 heteroatoms. The van der Waals surface area contributed by atoms with E-state index in [4.69, 9.17) is 5.73 Å². The lowest BCUT2D eigenvalue weighted by molar-refractivity contribution is 0.0996. The molecular weight excluding hydrogens is 482 g/mol. The summed E-state index contributed by atoms with van der Waals surface area (Å²) in [6.07, 6.45) is 10.2. The van der Waals surface area contributed by atoms with Gasteiger partial charge in [0.05, 0.1) is 34.1 Å². The van der Waals surface area contributed by atoms with Crippen LogP contribution in [0.4, 0.5) is 11.6 Å². The van der Waals surface area contributed by atoms with Crippen LogP contribution in [0.5, 0.6) is 0 Å². The van der Waals surface area contributed by atoms with Crippen molar-refractivity contribution in [2.45, 2.75) is 31.9 Å². The molecule has 0 fully saturated rings. The van der Waals surface area contributed by atoms with Gasteiger partial charge < -0.3 is 20.9 Å². The number of anilines is 2. The number of carbonyl (C=O) groups is 1. The van der Waals surface area contributed by atoms with E-state index >= 15 is 0 Å². The van der Waals surface area contributed by atoms with Crippen molar-refractivity contribution in [1.82, 2.24) is 24.5 Å². The fourth-order valence-electron chi connectivity index (χ4n) is 3.40. The zero-order valence-corrected chi connectivity index (χ0v) is 21.4. The molecule has 3 aromatic rings. The number of nitrogens with two attached hydrogens (primary N) is 1. The van der Waals surface area contributed by atoms with Crippen LogP contribution in [0, 0.1) is 0 Å². The molecule has 0 bridgehead atoms. The van der Waals surface area contributed by atoms with Gasteiger partial charge >= 0.3 is 0 Å². The summed E-state index contributed by atoms with van der Waals surface area (Å²) in [4.78, 5) is 30.1. The van der Waals surface area contributed by atoms with Crippen LogP contribution in [0.1, 0.15) is 37.7 Å². The first-order valence-electron chi connectivity index (χ1n) is 11.0. The van der Waals surface area contributed by atoms with Crippen molar-refractivity contribution in [3.8, 4) is 11.3 Å². The Morgan fingerprint density at radius 3 is 2.53 bits per heavy atom. The number of hydrogen-bond acceptors (Lipinski definition) is 9. The van der Waals surface area contributed by atoms with Crippen LogP contribution < -0.4 is 16.4 Å². The van der Waals surface area contributed by atoms with Gasteiger partial charge in [-0.2, -0.15) is 4.40 Å². The predicted molar refractivity (Wildman–Crippen MR) is 139 cm³/mol. The Morgan fingerprint density at radius 1 is 1.17 bits per heavy atom. The van der Waals surface area contributed by atoms with Crippen molar-refractivity contribution in [1.29, 1.82) is 0 Å². The van der Waals surface area contributed by atoms with Crippen molar-refractivity contribution in [2.24, 2.45) is 17.2 Å². The van der Waals surface area contributed by atoms with E-state index in [-0.39, 0.29) is 17.9 Å². The Bertz CT molecular complexity index is 1560. The third kappa shape index (κ3) is 4.69. The lowest BCUT2D eigenvalue weighted by Gasteiger charge is -2.18. The highest BCUT2D eigenvalue weighted by atomic mass is 32.2. The molecule has 188 valence electrons. The first kappa shape index (κ1) is 25.0. The van der Waals surface area contributed by atoms with Crippen molar-refractivity contribution in [2.75, 3.05) is 17.7 Å². The lowest BCUT2D eigenvalue weighted by Crippen LogP contribution is -2.26. The summed E-state index contributed by atoms with van der Waals surface area (Å²) in [5.74, 6) is -0.231. The number of amides is 1. The minimum absolute atomic E-state index is 0.0685. The highest BCUT2D eigenvalue weighted by molar-refractivity contribution is 7.91. The van der Waals surface area contributed by atoms with Gasteiger partial charge in [-0.05, 0) is 32.9 Å². The van der Waals surface area contributed by atoms with Crippen LogP contribution in [0.15, 0.2) is 47.0 Å². The Labute approximate surface area is 208 Å². The number of primary amides is 1. The van der Waals surface area contributed by atoms with Gasteiger partial charge in [0.15, 0.2) is 17.3 Å². The minimum atomic E-state index is -3.66. The van der Waals surface area contributed by atoms with Gasteiger partial charge in [0.1, 0.15) is 11.2 Å². The number of pyridine rings is 1. The third-order valence-corrected chi connectivity index (χ3v) is 7.54. The second-order valence-electron chi connectivity index (χ2n) is 9.13. The summed E-state index contributed by atoms with van der Waals surface area (Å²) in [5, 5.41) is 6.06. The fourth-order valence-corrected chi connectivity index (χ4v) is 4.12. The Hall–Kier alpha value is -4.13. The van der Waals surface area contributed by atoms with Crippen LogP contribution in [0.25, 0.3) is 22.3 Å². The zero-order valence-electron chi connectivity index (χ0n) is 20.6. The number of nitrogens with zero attached hydrogens (tertiary/aromatic N) is 6. The number of sulfonamides is 1. The van der Waals surface area contributed by atoms with Crippen molar-refractivity contribution in [3.63, 3.8) is 0 Å². The van der Waals surface area contributed by atoms with E-state index in [0.29, 0.717) is 34.0 Å². The topological polar surface area (TPSA) is 170 Å². The number of fused-ring (bicyclic) bond motifs is 1. The maximum atomic E-state index is 12.4. The number of hydrogen-bond donors (Lipinski definition) is 3. The molecule has 0 radical (unpaired) electrons. The molecule has 0 atom stereocenters. The minimum Gasteiger partial charge on any atom is -0.371 e. The largest absolute Gasteiger partial charge is 0.371 e. The lowest BCUT2D eigenvalue weighted by atomic mass is 10.1. The van der Waals surface area contributed by atoms with Crippen molar-refractivity contribution < 1.29 is 13.2 Å². The summed E-state index contributed by atoms with van der Waals surface area (Å²) < 4.78 is 29.5. The molecule has 0 saturated heterocycles. The maximum Gasteiger partial charge on any atom is 0.271 e. The monoisotopic (exact) mass is 509 g/mol. The van der Waals surface area contributed by atoms with E-state index in [2.05, 4.69) is 35.0 Å². The molecule has 1 aliphatic carbocycles. The van der Waals surface area contributed by atoms with Gasteiger partial charge in [-0.3, -0.25) is 9.78 Å². The average Bonchev–Trinajstić information content (AvgIpc) is 3.20. The van der Waals surface area contributed by atoms with Gasteiger partial charge in [-0.25, -0.2) is 23.4 Å². The second kappa shape index (κ2) is 9.15. The first-order valence-corrected chi connectivity index (χ1v) is 12.5. The van der Waals surface area contributed by atoms with Crippen LogP contribution >= 0.6 is 0 Å². The normalized spacial score (nSPS) is 15.2. The Kier molecular flexibility index (Phi) is 6.35. The molecular formula is C23H27N9O3S. The van der Waals surface area contributed by atoms with E-state index in [1.54, 1.807) is 64.8 Å². The van der Waals surface area contributed by atoms with Crippen molar-refractivity contribution in [3.05, 3.63) is 48.3 Å². The second-order valence-corrected chi connectivity index (χ2v) is 11.5. The van der Waals surface area contributed by atoms with Crippen LogP contribution in [0.3, 0.4) is 0 Å². The Balaban J connectivity index is 1.69. The fraction of sp³-hybridized carbons (Fsp3) is 0.304. The molecule has 0 saturated carbocycles. The van der Waals surface area contributed by atoms with Gasteiger partial charge in [0.25, 0.3) is 15.9 Å². The van der Waals surface area contributed by atoms with Crippen LogP contribution in [-0.2, 0) is 17.1 Å². The molecule has 0 aromatic carbocycles.